The van der Waals surface area contributed by atoms with Gasteiger partial charge in [0.2, 0.25) is 11.8 Å². The van der Waals surface area contributed by atoms with Crippen LogP contribution in [0, 0.1) is 5.92 Å². The molecule has 0 saturated carbocycles. The van der Waals surface area contributed by atoms with Gasteiger partial charge in [-0.2, -0.15) is 0 Å². The molecular formula is C22H23N3O3. The maximum absolute atomic E-state index is 12.9. The number of amides is 4. The molecule has 0 aliphatic carbocycles. The molecule has 1 fully saturated rings. The fraction of sp³-hybridized carbons (Fsp3) is 0.227. The molecule has 1 aliphatic heterocycles. The van der Waals surface area contributed by atoms with E-state index in [1.165, 1.54) is 5.56 Å². The zero-order chi connectivity index (χ0) is 20.3. The maximum atomic E-state index is 12.9. The number of benzene rings is 2. The van der Waals surface area contributed by atoms with Crippen molar-refractivity contribution in [1.29, 1.82) is 0 Å². The van der Waals surface area contributed by atoms with Crippen LogP contribution in [0.2, 0.25) is 0 Å². The molecule has 0 spiro atoms. The third-order valence-electron chi connectivity index (χ3n) is 4.66. The Hall–Kier alpha value is -3.41. The third kappa shape index (κ3) is 4.11. The first-order chi connectivity index (χ1) is 13.4. The Bertz CT molecular complexity index is 904. The van der Waals surface area contributed by atoms with E-state index in [4.69, 9.17) is 0 Å². The lowest BCUT2D eigenvalue weighted by atomic mass is 10.00. The molecule has 144 valence electrons. The van der Waals surface area contributed by atoms with Crippen LogP contribution in [0.5, 0.6) is 0 Å². The molecule has 0 unspecified atom stereocenters. The van der Waals surface area contributed by atoms with Gasteiger partial charge < -0.3 is 5.32 Å². The summed E-state index contributed by atoms with van der Waals surface area (Å²) in [4.78, 5) is 38.4. The normalized spacial score (nSPS) is 16.9. The predicted molar refractivity (Wildman–Crippen MR) is 107 cm³/mol. The Kier molecular flexibility index (Phi) is 5.59. The van der Waals surface area contributed by atoms with Gasteiger partial charge in [-0.15, -0.1) is 0 Å². The first-order valence-corrected chi connectivity index (χ1v) is 9.12. The first kappa shape index (κ1) is 19.4. The van der Waals surface area contributed by atoms with Crippen molar-refractivity contribution in [3.8, 4) is 0 Å². The maximum Gasteiger partial charge on any atom is 0.331 e. The third-order valence-corrected chi connectivity index (χ3v) is 4.66. The van der Waals surface area contributed by atoms with Crippen molar-refractivity contribution in [3.05, 3.63) is 78.0 Å². The first-order valence-electron chi connectivity index (χ1n) is 9.12. The van der Waals surface area contributed by atoms with E-state index in [0.29, 0.717) is 5.92 Å². The van der Waals surface area contributed by atoms with E-state index < -0.39 is 23.8 Å². The lowest BCUT2D eigenvalue weighted by Crippen LogP contribution is -2.58. The van der Waals surface area contributed by atoms with E-state index in [0.717, 1.165) is 16.2 Å². The van der Waals surface area contributed by atoms with Crippen LogP contribution in [-0.2, 0) is 16.1 Å². The van der Waals surface area contributed by atoms with Crippen LogP contribution in [0.1, 0.15) is 30.9 Å². The number of anilines is 1. The molecule has 1 saturated heterocycles. The van der Waals surface area contributed by atoms with E-state index in [9.17, 15) is 14.4 Å². The Morgan fingerprint density at radius 1 is 1.07 bits per heavy atom. The molecule has 6 nitrogen and oxygen atoms in total. The number of carbonyl (C=O) groups excluding carboxylic acids is 3. The average molecular weight is 377 g/mol. The summed E-state index contributed by atoms with van der Waals surface area (Å²) in [6.07, 6.45) is 0. The van der Waals surface area contributed by atoms with Crippen LogP contribution >= 0.6 is 0 Å². The van der Waals surface area contributed by atoms with Crippen LogP contribution < -0.4 is 10.6 Å². The largest absolute Gasteiger partial charge is 0.358 e. The second-order valence-electron chi connectivity index (χ2n) is 7.06. The highest BCUT2D eigenvalue weighted by molar-refractivity contribution is 6.17. The van der Waals surface area contributed by atoms with Crippen LogP contribution in [0.25, 0.3) is 0 Å². The molecule has 1 atom stereocenters. The highest BCUT2D eigenvalue weighted by atomic mass is 16.2. The highest BCUT2D eigenvalue weighted by Gasteiger charge is 2.42. The van der Waals surface area contributed by atoms with Crippen molar-refractivity contribution in [2.75, 3.05) is 5.32 Å². The van der Waals surface area contributed by atoms with Crippen molar-refractivity contribution in [2.24, 2.45) is 5.92 Å². The molecule has 28 heavy (non-hydrogen) atoms. The minimum atomic E-state index is -1.17. The van der Waals surface area contributed by atoms with Crippen LogP contribution in [0.4, 0.5) is 10.5 Å². The number of rotatable bonds is 6. The molecular weight excluding hydrogens is 354 g/mol. The molecule has 0 bridgehead atoms. The number of nitrogens with one attached hydrogen (secondary N) is 2. The van der Waals surface area contributed by atoms with E-state index >= 15 is 0 Å². The number of hydrogen-bond acceptors (Lipinski definition) is 4. The van der Waals surface area contributed by atoms with E-state index in [-0.39, 0.29) is 12.2 Å². The molecule has 4 amide bonds. The van der Waals surface area contributed by atoms with Gasteiger partial charge in [-0.05, 0) is 29.2 Å². The van der Waals surface area contributed by atoms with E-state index in [1.807, 2.05) is 54.6 Å². The molecule has 2 aromatic carbocycles. The van der Waals surface area contributed by atoms with Gasteiger partial charge in [0.15, 0.2) is 5.92 Å². The zero-order valence-corrected chi connectivity index (χ0v) is 15.9. The van der Waals surface area contributed by atoms with Crippen molar-refractivity contribution in [1.82, 2.24) is 10.2 Å². The van der Waals surface area contributed by atoms with Gasteiger partial charge in [0.25, 0.3) is 0 Å². The Balaban J connectivity index is 1.75. The van der Waals surface area contributed by atoms with Crippen LogP contribution in [0.3, 0.4) is 0 Å². The molecule has 1 aliphatic rings. The fourth-order valence-electron chi connectivity index (χ4n) is 3.05. The van der Waals surface area contributed by atoms with Gasteiger partial charge in [-0.25, -0.2) is 4.79 Å². The number of nitrogens with zero attached hydrogens (tertiary/aromatic N) is 1. The molecule has 0 aromatic heterocycles. The molecule has 2 aromatic rings. The Labute approximate surface area is 164 Å². The van der Waals surface area contributed by atoms with Crippen molar-refractivity contribution < 1.29 is 14.4 Å². The summed E-state index contributed by atoms with van der Waals surface area (Å²) in [7, 11) is 0. The molecule has 2 N–H and O–H groups in total. The number of carbonyl (C=O) groups is 3. The van der Waals surface area contributed by atoms with E-state index in [1.54, 1.807) is 0 Å². The van der Waals surface area contributed by atoms with Crippen molar-refractivity contribution >= 4 is 23.5 Å². The Morgan fingerprint density at radius 2 is 1.71 bits per heavy atom. The van der Waals surface area contributed by atoms with Crippen molar-refractivity contribution in [3.63, 3.8) is 0 Å². The average Bonchev–Trinajstić information content (AvgIpc) is 2.66. The predicted octanol–water partition coefficient (Wildman–Crippen LogP) is 3.63. The summed E-state index contributed by atoms with van der Waals surface area (Å²) in [6.45, 7) is 8.16. The van der Waals surface area contributed by atoms with Gasteiger partial charge >= 0.3 is 6.03 Å². The van der Waals surface area contributed by atoms with Crippen LogP contribution in [-0.4, -0.2) is 22.7 Å². The van der Waals surface area contributed by atoms with Gasteiger partial charge in [-0.3, -0.25) is 19.8 Å². The second-order valence-corrected chi connectivity index (χ2v) is 7.06. The lowest BCUT2D eigenvalue weighted by Gasteiger charge is -2.31. The number of urea groups is 1. The minimum Gasteiger partial charge on any atom is -0.358 e. The number of hydrogen-bond donors (Lipinski definition) is 2. The summed E-state index contributed by atoms with van der Waals surface area (Å²) in [5.41, 5.74) is 2.93. The second kappa shape index (κ2) is 8.08. The van der Waals surface area contributed by atoms with E-state index in [2.05, 4.69) is 31.1 Å². The molecule has 3 rings (SSSR count). The zero-order valence-electron chi connectivity index (χ0n) is 15.9. The van der Waals surface area contributed by atoms with Gasteiger partial charge in [-0.1, -0.05) is 62.9 Å². The van der Waals surface area contributed by atoms with Gasteiger partial charge in [0.05, 0.1) is 6.54 Å². The lowest BCUT2D eigenvalue weighted by molar-refractivity contribution is -0.141. The van der Waals surface area contributed by atoms with Gasteiger partial charge in [0.1, 0.15) is 0 Å². The van der Waals surface area contributed by atoms with Gasteiger partial charge in [0, 0.05) is 11.4 Å². The smallest absolute Gasteiger partial charge is 0.331 e. The summed E-state index contributed by atoms with van der Waals surface area (Å²) >= 11 is 0. The van der Waals surface area contributed by atoms with Crippen molar-refractivity contribution in [2.45, 2.75) is 26.3 Å². The number of barbiturate groups is 1. The Morgan fingerprint density at radius 3 is 2.32 bits per heavy atom. The quantitative estimate of drug-likeness (QED) is 0.754. The fourth-order valence-corrected chi connectivity index (χ4v) is 3.05. The summed E-state index contributed by atoms with van der Waals surface area (Å²) in [5.74, 6) is -2.03. The molecule has 6 heteroatoms. The summed E-state index contributed by atoms with van der Waals surface area (Å²) in [5, 5.41) is 5.27. The minimum absolute atomic E-state index is 0.0889. The molecule has 1 heterocycles. The summed E-state index contributed by atoms with van der Waals surface area (Å²) in [6, 6.07) is 16.1. The highest BCUT2D eigenvalue weighted by Crippen LogP contribution is 2.23. The standard InChI is InChI=1S/C22H23N3O3/c1-14(2)17-9-11-18(12-10-17)23-15(3)19-20(26)24-22(28)25(21(19)27)13-16-7-5-4-6-8-16/h4-12,14,19,23H,3,13H2,1-2H3,(H,24,26,28)/t19-/m0/s1. The summed E-state index contributed by atoms with van der Waals surface area (Å²) < 4.78 is 0. The monoisotopic (exact) mass is 377 g/mol. The van der Waals surface area contributed by atoms with Crippen LogP contribution in [0.15, 0.2) is 66.9 Å². The number of imide groups is 2. The topological polar surface area (TPSA) is 78.5 Å². The molecule has 0 radical (unpaired) electrons. The SMILES string of the molecule is C=C(Nc1ccc(C(C)C)cc1)[C@H]1C(=O)NC(=O)N(Cc2ccccc2)C1=O.